The van der Waals surface area contributed by atoms with Crippen LogP contribution >= 0.6 is 31.9 Å². The quantitative estimate of drug-likeness (QED) is 0.547. The first-order chi connectivity index (χ1) is 5.20. The van der Waals surface area contributed by atoms with Crippen molar-refractivity contribution in [1.82, 2.24) is 0 Å². The molecule has 11 heavy (non-hydrogen) atoms. The van der Waals surface area contributed by atoms with Gasteiger partial charge < -0.3 is 0 Å². The van der Waals surface area contributed by atoms with Gasteiger partial charge in [0.15, 0.2) is 0 Å². The normalized spacial score (nSPS) is 14.5. The first-order valence-corrected chi connectivity index (χ1v) is 5.00. The zero-order valence-electron chi connectivity index (χ0n) is 6.64. The minimum atomic E-state index is 0.846. The van der Waals surface area contributed by atoms with Gasteiger partial charge in [0.1, 0.15) is 4.61 Å². The third-order valence-corrected chi connectivity index (χ3v) is 2.14. The Morgan fingerprint density at radius 1 is 1.45 bits per heavy atom. The van der Waals surface area contributed by atoms with Crippen molar-refractivity contribution in [3.63, 3.8) is 0 Å². The number of halogens is 2. The van der Waals surface area contributed by atoms with Crippen molar-refractivity contribution < 1.29 is 0 Å². The molecule has 0 saturated heterocycles. The molecule has 1 nitrogen and oxygen atoms in total. The fourth-order valence-corrected chi connectivity index (χ4v) is 0.974. The summed E-state index contributed by atoms with van der Waals surface area (Å²) in [7, 11) is 0. The topological polar surface area (TPSA) is 12.4 Å². The molecule has 0 amide bonds. The molecule has 0 aliphatic heterocycles. The molecule has 0 rings (SSSR count). The Kier molecular flexibility index (Phi) is 6.87. The second kappa shape index (κ2) is 6.80. The van der Waals surface area contributed by atoms with E-state index in [0.29, 0.717) is 0 Å². The summed E-state index contributed by atoms with van der Waals surface area (Å²) in [6, 6.07) is 0. The first kappa shape index (κ1) is 11.1. The standard InChI is InChI=1S/C8H11Br2N/c1-3-5-7(9)6-11-8(10)4-2/h4-6H,3H2,1-2H3/b7-5-,8-4-,11-6-. The van der Waals surface area contributed by atoms with Crippen LogP contribution in [0, 0.1) is 0 Å². The van der Waals surface area contributed by atoms with Gasteiger partial charge >= 0.3 is 0 Å². The third-order valence-electron chi connectivity index (χ3n) is 0.949. The van der Waals surface area contributed by atoms with Crippen LogP contribution in [0.2, 0.25) is 0 Å². The fourth-order valence-electron chi connectivity index (χ4n) is 0.446. The van der Waals surface area contributed by atoms with Crippen LogP contribution < -0.4 is 0 Å². The summed E-state index contributed by atoms with van der Waals surface area (Å²) in [5.41, 5.74) is 0. The Balaban J connectivity index is 4.03. The minimum absolute atomic E-state index is 0.846. The van der Waals surface area contributed by atoms with Gasteiger partial charge in [-0.3, -0.25) is 0 Å². The molecule has 3 heteroatoms. The van der Waals surface area contributed by atoms with Crippen LogP contribution in [0.15, 0.2) is 26.2 Å². The summed E-state index contributed by atoms with van der Waals surface area (Å²) in [5.74, 6) is 0. The smallest absolute Gasteiger partial charge is 0.101 e. The van der Waals surface area contributed by atoms with Crippen LogP contribution in [0.3, 0.4) is 0 Å². The van der Waals surface area contributed by atoms with Gasteiger partial charge in [0.25, 0.3) is 0 Å². The third kappa shape index (κ3) is 6.51. The van der Waals surface area contributed by atoms with E-state index < -0.39 is 0 Å². The monoisotopic (exact) mass is 279 g/mol. The second-order valence-electron chi connectivity index (χ2n) is 1.87. The summed E-state index contributed by atoms with van der Waals surface area (Å²) in [4.78, 5) is 4.10. The predicted octanol–water partition coefficient (Wildman–Crippen LogP) is 4.00. The van der Waals surface area contributed by atoms with E-state index in [1.54, 1.807) is 6.21 Å². The van der Waals surface area contributed by atoms with Crippen LogP contribution in [-0.2, 0) is 0 Å². The highest BCUT2D eigenvalue weighted by Gasteiger charge is 1.84. The molecular formula is C8H11Br2N. The number of hydrogen-bond donors (Lipinski definition) is 0. The second-order valence-corrected chi connectivity index (χ2v) is 3.60. The van der Waals surface area contributed by atoms with Crippen molar-refractivity contribution in [1.29, 1.82) is 0 Å². The Bertz CT molecular complexity index is 192. The first-order valence-electron chi connectivity index (χ1n) is 3.42. The summed E-state index contributed by atoms with van der Waals surface area (Å²) >= 11 is 6.63. The van der Waals surface area contributed by atoms with E-state index in [-0.39, 0.29) is 0 Å². The molecule has 0 bridgehead atoms. The highest BCUT2D eigenvalue weighted by Crippen LogP contribution is 2.08. The summed E-state index contributed by atoms with van der Waals surface area (Å²) in [5, 5.41) is 0. The largest absolute Gasteiger partial charge is 0.249 e. The molecule has 0 unspecified atom stereocenters. The van der Waals surface area contributed by atoms with Crippen molar-refractivity contribution in [3.8, 4) is 0 Å². The number of hydrogen-bond acceptors (Lipinski definition) is 1. The molecule has 0 aromatic heterocycles. The average Bonchev–Trinajstić information content (AvgIpc) is 2.01. The van der Waals surface area contributed by atoms with E-state index in [4.69, 9.17) is 0 Å². The van der Waals surface area contributed by atoms with Crippen molar-refractivity contribution in [3.05, 3.63) is 21.2 Å². The van der Waals surface area contributed by atoms with E-state index in [1.165, 1.54) is 0 Å². The van der Waals surface area contributed by atoms with Crippen LogP contribution in [0.5, 0.6) is 0 Å². The van der Waals surface area contributed by atoms with Crippen molar-refractivity contribution in [2.45, 2.75) is 20.3 Å². The highest BCUT2D eigenvalue weighted by molar-refractivity contribution is 9.12. The Labute approximate surface area is 84.5 Å². The maximum atomic E-state index is 4.10. The molecule has 0 fully saturated rings. The van der Waals surface area contributed by atoms with Gasteiger partial charge in [-0.2, -0.15) is 0 Å². The zero-order chi connectivity index (χ0) is 8.69. The number of allylic oxidation sites excluding steroid dienone is 3. The van der Waals surface area contributed by atoms with E-state index in [1.807, 2.05) is 13.0 Å². The number of rotatable bonds is 3. The van der Waals surface area contributed by atoms with Gasteiger partial charge in [-0.05, 0) is 45.2 Å². The van der Waals surface area contributed by atoms with E-state index in [2.05, 4.69) is 49.9 Å². The summed E-state index contributed by atoms with van der Waals surface area (Å²) in [6.07, 6.45) is 6.73. The molecule has 0 atom stereocenters. The Morgan fingerprint density at radius 2 is 2.09 bits per heavy atom. The predicted molar refractivity (Wildman–Crippen MR) is 58.5 cm³/mol. The SMILES string of the molecule is C\C=C(Br)/N=C\C(Br)=C\CC. The molecule has 0 spiro atoms. The van der Waals surface area contributed by atoms with Crippen molar-refractivity contribution >= 4 is 38.1 Å². The molecule has 62 valence electrons. The molecule has 0 aliphatic rings. The van der Waals surface area contributed by atoms with Crippen LogP contribution in [0.25, 0.3) is 0 Å². The lowest BCUT2D eigenvalue weighted by atomic mass is 10.4. The van der Waals surface area contributed by atoms with Crippen molar-refractivity contribution in [2.75, 3.05) is 0 Å². The molecule has 0 saturated carbocycles. The summed E-state index contributed by atoms with van der Waals surface area (Å²) in [6.45, 7) is 4.01. The molecule has 0 aliphatic carbocycles. The van der Waals surface area contributed by atoms with E-state index in [0.717, 1.165) is 15.5 Å². The summed E-state index contributed by atoms with van der Waals surface area (Å²) < 4.78 is 1.86. The Morgan fingerprint density at radius 3 is 2.55 bits per heavy atom. The van der Waals surface area contributed by atoms with E-state index in [9.17, 15) is 0 Å². The van der Waals surface area contributed by atoms with Crippen LogP contribution in [0.4, 0.5) is 0 Å². The van der Waals surface area contributed by atoms with Gasteiger partial charge in [-0.15, -0.1) is 0 Å². The fraction of sp³-hybridized carbons (Fsp3) is 0.375. The lowest BCUT2D eigenvalue weighted by molar-refractivity contribution is 1.22. The average molecular weight is 281 g/mol. The molecule has 0 radical (unpaired) electrons. The van der Waals surface area contributed by atoms with Gasteiger partial charge in [0.2, 0.25) is 0 Å². The molecular weight excluding hydrogens is 270 g/mol. The lowest BCUT2D eigenvalue weighted by Gasteiger charge is -1.87. The molecule has 0 N–H and O–H groups in total. The van der Waals surface area contributed by atoms with Gasteiger partial charge in [-0.1, -0.05) is 19.1 Å². The van der Waals surface area contributed by atoms with Crippen LogP contribution in [-0.4, -0.2) is 6.21 Å². The zero-order valence-corrected chi connectivity index (χ0v) is 9.81. The maximum Gasteiger partial charge on any atom is 0.101 e. The van der Waals surface area contributed by atoms with E-state index >= 15 is 0 Å². The molecule has 0 heterocycles. The number of aliphatic imine (C=N–C) groups is 1. The highest BCUT2D eigenvalue weighted by atomic mass is 79.9. The van der Waals surface area contributed by atoms with Crippen LogP contribution in [0.1, 0.15) is 20.3 Å². The maximum absolute atomic E-state index is 4.10. The van der Waals surface area contributed by atoms with Gasteiger partial charge in [0, 0.05) is 10.7 Å². The number of nitrogens with zero attached hydrogens (tertiary/aromatic N) is 1. The van der Waals surface area contributed by atoms with Gasteiger partial charge in [-0.25, -0.2) is 4.99 Å². The molecule has 0 aromatic carbocycles. The van der Waals surface area contributed by atoms with Crippen molar-refractivity contribution in [2.24, 2.45) is 4.99 Å². The van der Waals surface area contributed by atoms with Gasteiger partial charge in [0.05, 0.1) is 0 Å². The molecule has 0 aromatic rings. The minimum Gasteiger partial charge on any atom is -0.249 e. The Hall–Kier alpha value is 0.110. The lowest BCUT2D eigenvalue weighted by Crippen LogP contribution is -1.72.